The number of methoxy groups -OCH3 is 1. The molecule has 1 fully saturated rings. The second-order valence-electron chi connectivity index (χ2n) is 8.11. The van der Waals surface area contributed by atoms with Crippen LogP contribution >= 0.6 is 58.0 Å². The summed E-state index contributed by atoms with van der Waals surface area (Å²) in [6.07, 6.45) is 0. The van der Waals surface area contributed by atoms with Gasteiger partial charge < -0.3 is 20.7 Å². The molecule has 0 radical (unpaired) electrons. The van der Waals surface area contributed by atoms with Crippen LogP contribution < -0.4 is 20.7 Å². The van der Waals surface area contributed by atoms with Crippen LogP contribution in [0.15, 0.2) is 54.6 Å². The van der Waals surface area contributed by atoms with Crippen molar-refractivity contribution in [2.75, 3.05) is 30.1 Å². The molecule has 1 saturated carbocycles. The Balaban J connectivity index is 1.50. The van der Waals surface area contributed by atoms with Gasteiger partial charge in [0.05, 0.1) is 33.7 Å². The Morgan fingerprint density at radius 2 is 1.42 bits per heavy atom. The van der Waals surface area contributed by atoms with Gasteiger partial charge in [-0.2, -0.15) is 0 Å². The van der Waals surface area contributed by atoms with E-state index in [0.29, 0.717) is 22.7 Å². The van der Waals surface area contributed by atoms with Gasteiger partial charge >= 0.3 is 0 Å². The van der Waals surface area contributed by atoms with E-state index in [1.54, 1.807) is 37.4 Å². The molecule has 1 aliphatic carbocycles. The maximum Gasteiger partial charge on any atom is 0.257 e. The average Bonchev–Trinajstić information content (AvgIpc) is 3.42. The Labute approximate surface area is 233 Å². The summed E-state index contributed by atoms with van der Waals surface area (Å²) in [6, 6.07) is 15.0. The van der Waals surface area contributed by atoms with Crippen LogP contribution in [0, 0.1) is 5.92 Å². The van der Waals surface area contributed by atoms with Crippen molar-refractivity contribution in [1.29, 1.82) is 0 Å². The van der Waals surface area contributed by atoms with E-state index in [9.17, 15) is 9.59 Å². The van der Waals surface area contributed by atoms with Crippen LogP contribution in [0.1, 0.15) is 21.8 Å². The lowest BCUT2D eigenvalue weighted by atomic mass is 10.1. The number of carbonyl (C=O) groups is 2. The van der Waals surface area contributed by atoms with E-state index in [2.05, 4.69) is 16.0 Å². The predicted molar refractivity (Wildman–Crippen MR) is 148 cm³/mol. The molecular weight excluding hydrogens is 568 g/mol. The molecule has 1 aliphatic rings. The van der Waals surface area contributed by atoms with E-state index in [1.165, 1.54) is 19.2 Å². The van der Waals surface area contributed by atoms with E-state index in [0.717, 1.165) is 5.69 Å². The van der Waals surface area contributed by atoms with Gasteiger partial charge in [0.15, 0.2) is 5.75 Å². The highest BCUT2D eigenvalue weighted by Crippen LogP contribution is 2.65. The molecule has 0 aliphatic heterocycles. The van der Waals surface area contributed by atoms with Crippen LogP contribution in [-0.4, -0.2) is 30.3 Å². The highest BCUT2D eigenvalue weighted by molar-refractivity contribution is 6.53. The standard InChI is InChI=1S/C25H20Cl5N3O3/c1-31-13-3-5-14(6-4-13)32-23(34)16-11-15(7-8-17(16)26)33-24(35)21-20(25(21,29)30)12-9-18(27)22(36-2)19(28)10-12/h3-11,20-21,31H,1-2H3,(H,32,34)(H,33,35). The summed E-state index contributed by atoms with van der Waals surface area (Å²) < 4.78 is 3.81. The first-order valence-corrected chi connectivity index (χ1v) is 12.6. The fourth-order valence-corrected chi connectivity index (χ4v) is 5.63. The monoisotopic (exact) mass is 585 g/mol. The Morgan fingerprint density at radius 3 is 2.00 bits per heavy atom. The lowest BCUT2D eigenvalue weighted by Gasteiger charge is -2.11. The van der Waals surface area contributed by atoms with Crippen molar-refractivity contribution in [3.8, 4) is 5.75 Å². The van der Waals surface area contributed by atoms with Gasteiger partial charge in [-0.25, -0.2) is 0 Å². The first-order valence-electron chi connectivity index (χ1n) is 10.7. The summed E-state index contributed by atoms with van der Waals surface area (Å²) in [5, 5.41) is 9.35. The highest BCUT2D eigenvalue weighted by Gasteiger charge is 2.67. The molecule has 3 aromatic carbocycles. The topological polar surface area (TPSA) is 79.5 Å². The Bertz CT molecular complexity index is 1310. The van der Waals surface area contributed by atoms with Gasteiger partial charge in [0, 0.05) is 30.0 Å². The van der Waals surface area contributed by atoms with Crippen molar-refractivity contribution < 1.29 is 14.3 Å². The molecule has 6 nitrogen and oxygen atoms in total. The van der Waals surface area contributed by atoms with Gasteiger partial charge in [-0.3, -0.25) is 9.59 Å². The summed E-state index contributed by atoms with van der Waals surface area (Å²) >= 11 is 31.7. The Kier molecular flexibility index (Phi) is 7.83. The zero-order valence-electron chi connectivity index (χ0n) is 19.0. The molecule has 2 unspecified atom stereocenters. The third-order valence-electron chi connectivity index (χ3n) is 5.83. The van der Waals surface area contributed by atoms with Crippen molar-refractivity contribution in [2.24, 2.45) is 5.92 Å². The summed E-state index contributed by atoms with van der Waals surface area (Å²) in [6.45, 7) is 0. The van der Waals surface area contributed by atoms with E-state index < -0.39 is 28.0 Å². The number of hydrogen-bond donors (Lipinski definition) is 3. The predicted octanol–water partition coefficient (Wildman–Crippen LogP) is 7.48. The number of rotatable bonds is 7. The molecule has 0 spiro atoms. The summed E-state index contributed by atoms with van der Waals surface area (Å²) in [4.78, 5) is 25.9. The molecule has 4 rings (SSSR count). The fourth-order valence-electron chi connectivity index (χ4n) is 3.94. The maximum absolute atomic E-state index is 13.1. The number of hydrogen-bond acceptors (Lipinski definition) is 4. The van der Waals surface area contributed by atoms with Gasteiger partial charge in [-0.05, 0) is 60.2 Å². The lowest BCUT2D eigenvalue weighted by Crippen LogP contribution is -2.18. The second kappa shape index (κ2) is 10.6. The largest absolute Gasteiger partial charge is 0.494 e. The number of nitrogens with one attached hydrogen (secondary N) is 3. The third-order valence-corrected chi connectivity index (χ3v) is 7.66. The van der Waals surface area contributed by atoms with Gasteiger partial charge in [-0.1, -0.05) is 34.8 Å². The normalized spacial score (nSPS) is 17.8. The first-order chi connectivity index (χ1) is 17.1. The van der Waals surface area contributed by atoms with E-state index >= 15 is 0 Å². The van der Waals surface area contributed by atoms with E-state index in [4.69, 9.17) is 62.7 Å². The minimum atomic E-state index is -1.36. The Morgan fingerprint density at radius 1 is 0.833 bits per heavy atom. The molecule has 0 saturated heterocycles. The fraction of sp³-hybridized carbons (Fsp3) is 0.200. The van der Waals surface area contributed by atoms with Crippen molar-refractivity contribution in [1.82, 2.24) is 0 Å². The average molecular weight is 588 g/mol. The zero-order valence-corrected chi connectivity index (χ0v) is 22.7. The number of ether oxygens (including phenoxy) is 1. The smallest absolute Gasteiger partial charge is 0.257 e. The molecule has 0 heterocycles. The lowest BCUT2D eigenvalue weighted by molar-refractivity contribution is -0.117. The SMILES string of the molecule is CNc1ccc(NC(=O)c2cc(NC(=O)C3C(c4cc(Cl)c(OC)c(Cl)c4)C3(Cl)Cl)ccc2Cl)cc1. The number of amides is 2. The highest BCUT2D eigenvalue weighted by atomic mass is 35.5. The molecule has 3 aromatic rings. The van der Waals surface area contributed by atoms with Crippen molar-refractivity contribution in [2.45, 2.75) is 10.3 Å². The quantitative estimate of drug-likeness (QED) is 0.251. The van der Waals surface area contributed by atoms with Gasteiger partial charge in [0.25, 0.3) is 5.91 Å². The Hall–Kier alpha value is -2.35. The number of benzene rings is 3. The molecule has 36 heavy (non-hydrogen) atoms. The second-order valence-corrected chi connectivity index (χ2v) is 10.8. The van der Waals surface area contributed by atoms with Crippen LogP contribution in [0.2, 0.25) is 15.1 Å². The summed E-state index contributed by atoms with van der Waals surface area (Å²) in [5.41, 5.74) is 2.66. The zero-order chi connectivity index (χ0) is 26.2. The molecule has 3 N–H and O–H groups in total. The van der Waals surface area contributed by atoms with Crippen LogP contribution in [0.5, 0.6) is 5.75 Å². The van der Waals surface area contributed by atoms with Gasteiger partial charge in [0.1, 0.15) is 4.33 Å². The van der Waals surface area contributed by atoms with Crippen molar-refractivity contribution in [3.05, 3.63) is 80.8 Å². The molecule has 2 atom stereocenters. The van der Waals surface area contributed by atoms with Crippen LogP contribution in [0.25, 0.3) is 0 Å². The molecule has 2 amide bonds. The van der Waals surface area contributed by atoms with Crippen LogP contribution in [-0.2, 0) is 4.79 Å². The number of anilines is 3. The molecule has 188 valence electrons. The molecule has 0 aromatic heterocycles. The van der Waals surface area contributed by atoms with Crippen LogP contribution in [0.4, 0.5) is 17.1 Å². The summed E-state index contributed by atoms with van der Waals surface area (Å²) in [5.74, 6) is -1.85. The minimum Gasteiger partial charge on any atom is -0.494 e. The van der Waals surface area contributed by atoms with E-state index in [-0.39, 0.29) is 20.6 Å². The maximum atomic E-state index is 13.1. The van der Waals surface area contributed by atoms with Crippen molar-refractivity contribution in [3.63, 3.8) is 0 Å². The van der Waals surface area contributed by atoms with E-state index in [1.807, 2.05) is 12.1 Å². The van der Waals surface area contributed by atoms with Crippen molar-refractivity contribution >= 4 is 86.9 Å². The number of alkyl halides is 2. The minimum absolute atomic E-state index is 0.191. The number of carbonyl (C=O) groups excluding carboxylic acids is 2. The summed E-state index contributed by atoms with van der Waals surface area (Å²) in [7, 11) is 3.25. The van der Waals surface area contributed by atoms with Gasteiger partial charge in [-0.15, -0.1) is 23.2 Å². The first kappa shape index (κ1) is 26.7. The number of halogens is 5. The van der Waals surface area contributed by atoms with Crippen LogP contribution in [0.3, 0.4) is 0 Å². The van der Waals surface area contributed by atoms with Gasteiger partial charge in [0.2, 0.25) is 5.91 Å². The molecular formula is C25H20Cl5N3O3. The molecule has 11 heteroatoms. The third kappa shape index (κ3) is 5.34. The molecule has 0 bridgehead atoms.